The first-order valence-corrected chi connectivity index (χ1v) is 6.80. The second kappa shape index (κ2) is 8.07. The Bertz CT molecular complexity index is 523. The van der Waals surface area contributed by atoms with Gasteiger partial charge in [-0.15, -0.1) is 12.4 Å². The van der Waals surface area contributed by atoms with Crippen molar-refractivity contribution in [1.82, 2.24) is 9.80 Å². The van der Waals surface area contributed by atoms with Gasteiger partial charge in [-0.3, -0.25) is 0 Å². The van der Waals surface area contributed by atoms with Crippen LogP contribution < -0.4 is 11.5 Å². The molecule has 1 fully saturated rings. The molecule has 1 aromatic carbocycles. The summed E-state index contributed by atoms with van der Waals surface area (Å²) in [5, 5.41) is 0.531. The third kappa shape index (κ3) is 5.08. The van der Waals surface area contributed by atoms with E-state index in [9.17, 15) is 0 Å². The monoisotopic (exact) mass is 330 g/mol. The summed E-state index contributed by atoms with van der Waals surface area (Å²) in [5.41, 5.74) is 12.3. The topological polar surface area (TPSA) is 83.2 Å². The summed E-state index contributed by atoms with van der Waals surface area (Å²) in [7, 11) is 2.08. The first kappa shape index (κ1) is 17.6. The van der Waals surface area contributed by atoms with E-state index in [1.807, 2.05) is 17.0 Å². The summed E-state index contributed by atoms with van der Waals surface area (Å²) in [5.74, 6) is 0.501. The molecule has 21 heavy (non-hydrogen) atoms. The van der Waals surface area contributed by atoms with Gasteiger partial charge >= 0.3 is 0 Å². The van der Waals surface area contributed by atoms with Crippen molar-refractivity contribution in [3.8, 4) is 0 Å². The van der Waals surface area contributed by atoms with Crippen molar-refractivity contribution in [2.24, 2.45) is 21.5 Å². The average Bonchev–Trinajstić information content (AvgIpc) is 2.42. The number of benzene rings is 1. The van der Waals surface area contributed by atoms with Crippen molar-refractivity contribution in [1.29, 1.82) is 0 Å². The molecule has 0 unspecified atom stereocenters. The molecule has 8 heteroatoms. The third-order valence-corrected chi connectivity index (χ3v) is 3.46. The number of hydrogen-bond acceptors (Lipinski definition) is 2. The average molecular weight is 331 g/mol. The molecular weight excluding hydrogens is 311 g/mol. The Morgan fingerprint density at radius 3 is 2.38 bits per heavy atom. The molecule has 1 aliphatic heterocycles. The number of hydrogen-bond donors (Lipinski definition) is 2. The number of nitrogens with zero attached hydrogens (tertiary/aromatic N) is 4. The van der Waals surface area contributed by atoms with Crippen LogP contribution in [0.2, 0.25) is 5.02 Å². The van der Waals surface area contributed by atoms with Crippen LogP contribution in [-0.2, 0) is 0 Å². The maximum absolute atomic E-state index is 6.01. The number of halogens is 2. The molecule has 0 aromatic heterocycles. The van der Waals surface area contributed by atoms with Crippen LogP contribution in [-0.4, -0.2) is 54.9 Å². The van der Waals surface area contributed by atoms with E-state index in [-0.39, 0.29) is 18.4 Å². The van der Waals surface area contributed by atoms with Crippen LogP contribution >= 0.6 is 24.0 Å². The Morgan fingerprint density at radius 1 is 1.14 bits per heavy atom. The lowest BCUT2D eigenvalue weighted by molar-refractivity contribution is 0.214. The molecule has 116 valence electrons. The molecule has 0 bridgehead atoms. The molecule has 1 saturated heterocycles. The Balaban J connectivity index is 0.00000220. The summed E-state index contributed by atoms with van der Waals surface area (Å²) in [4.78, 5) is 12.5. The van der Waals surface area contributed by atoms with Gasteiger partial charge in [0, 0.05) is 26.2 Å². The highest BCUT2D eigenvalue weighted by molar-refractivity contribution is 6.33. The molecule has 0 radical (unpaired) electrons. The number of rotatable bonds is 1. The predicted octanol–water partition coefficient (Wildman–Crippen LogP) is 1.27. The number of nitrogens with two attached hydrogens (primary N) is 2. The van der Waals surface area contributed by atoms with E-state index < -0.39 is 0 Å². The minimum Gasteiger partial charge on any atom is -0.369 e. The van der Waals surface area contributed by atoms with Crippen LogP contribution in [0, 0.1) is 0 Å². The second-order valence-electron chi connectivity index (χ2n) is 4.68. The van der Waals surface area contributed by atoms with E-state index >= 15 is 0 Å². The number of aliphatic imine (C=N–C) groups is 2. The van der Waals surface area contributed by atoms with Crippen molar-refractivity contribution < 1.29 is 0 Å². The molecular formula is C13H20Cl2N6. The SMILES string of the molecule is CN1CCN(C(N)=NC(N)=Nc2ccccc2Cl)CC1.Cl. The van der Waals surface area contributed by atoms with E-state index in [2.05, 4.69) is 21.9 Å². The summed E-state index contributed by atoms with van der Waals surface area (Å²) in [6, 6.07) is 7.20. The van der Waals surface area contributed by atoms with Crippen LogP contribution in [0.15, 0.2) is 34.3 Å². The molecule has 4 N–H and O–H groups in total. The summed E-state index contributed by atoms with van der Waals surface area (Å²) < 4.78 is 0. The predicted molar refractivity (Wildman–Crippen MR) is 90.7 cm³/mol. The molecule has 1 aliphatic rings. The van der Waals surface area contributed by atoms with E-state index in [1.165, 1.54) is 0 Å². The van der Waals surface area contributed by atoms with Gasteiger partial charge in [-0.05, 0) is 19.2 Å². The van der Waals surface area contributed by atoms with E-state index in [0.717, 1.165) is 26.2 Å². The summed E-state index contributed by atoms with van der Waals surface area (Å²) in [6.45, 7) is 3.59. The van der Waals surface area contributed by atoms with Gasteiger partial charge in [0.15, 0.2) is 5.96 Å². The van der Waals surface area contributed by atoms with Gasteiger partial charge in [0.25, 0.3) is 0 Å². The third-order valence-electron chi connectivity index (χ3n) is 3.14. The lowest BCUT2D eigenvalue weighted by atomic mass is 10.3. The summed E-state index contributed by atoms with van der Waals surface area (Å²) >= 11 is 6.01. The number of piperazine rings is 1. The molecule has 2 rings (SSSR count). The fourth-order valence-electron chi connectivity index (χ4n) is 1.91. The van der Waals surface area contributed by atoms with E-state index in [4.69, 9.17) is 23.1 Å². The minimum absolute atomic E-state index is 0. The van der Waals surface area contributed by atoms with Gasteiger partial charge in [-0.2, -0.15) is 4.99 Å². The highest BCUT2D eigenvalue weighted by Crippen LogP contribution is 2.23. The van der Waals surface area contributed by atoms with Crippen molar-refractivity contribution in [3.05, 3.63) is 29.3 Å². The zero-order valence-electron chi connectivity index (χ0n) is 11.9. The number of para-hydroxylation sites is 1. The molecule has 1 heterocycles. The lowest BCUT2D eigenvalue weighted by Gasteiger charge is -2.32. The van der Waals surface area contributed by atoms with E-state index in [1.54, 1.807) is 12.1 Å². The molecule has 0 spiro atoms. The van der Waals surface area contributed by atoms with Gasteiger partial charge in [-0.1, -0.05) is 23.7 Å². The maximum Gasteiger partial charge on any atom is 0.223 e. The first-order valence-electron chi connectivity index (χ1n) is 6.42. The molecule has 0 atom stereocenters. The van der Waals surface area contributed by atoms with Crippen LogP contribution in [0.3, 0.4) is 0 Å². The van der Waals surface area contributed by atoms with Crippen LogP contribution in [0.4, 0.5) is 5.69 Å². The van der Waals surface area contributed by atoms with Crippen molar-refractivity contribution in [2.45, 2.75) is 0 Å². The highest BCUT2D eigenvalue weighted by Gasteiger charge is 2.15. The maximum atomic E-state index is 6.01. The molecule has 1 aromatic rings. The van der Waals surface area contributed by atoms with Gasteiger partial charge in [-0.25, -0.2) is 4.99 Å². The largest absolute Gasteiger partial charge is 0.369 e. The van der Waals surface area contributed by atoms with Crippen molar-refractivity contribution >= 4 is 41.6 Å². The number of likely N-dealkylation sites (N-methyl/N-ethyl adjacent to an activating group) is 1. The number of guanidine groups is 2. The zero-order valence-corrected chi connectivity index (χ0v) is 13.4. The Kier molecular flexibility index (Phi) is 6.74. The fraction of sp³-hybridized carbons (Fsp3) is 0.385. The van der Waals surface area contributed by atoms with Crippen LogP contribution in [0.1, 0.15) is 0 Å². The zero-order chi connectivity index (χ0) is 14.5. The van der Waals surface area contributed by atoms with Gasteiger partial charge in [0.05, 0.1) is 10.7 Å². The molecule has 0 saturated carbocycles. The minimum atomic E-state index is 0. The molecule has 6 nitrogen and oxygen atoms in total. The van der Waals surface area contributed by atoms with Crippen LogP contribution in [0.5, 0.6) is 0 Å². The Hall–Kier alpha value is -1.50. The first-order chi connectivity index (χ1) is 9.56. The fourth-order valence-corrected chi connectivity index (χ4v) is 2.09. The van der Waals surface area contributed by atoms with Crippen molar-refractivity contribution in [2.75, 3.05) is 33.2 Å². The molecule has 0 amide bonds. The van der Waals surface area contributed by atoms with Gasteiger partial charge in [0.2, 0.25) is 5.96 Å². The highest BCUT2D eigenvalue weighted by atomic mass is 35.5. The molecule has 0 aliphatic carbocycles. The van der Waals surface area contributed by atoms with Crippen LogP contribution in [0.25, 0.3) is 0 Å². The van der Waals surface area contributed by atoms with Crippen molar-refractivity contribution in [3.63, 3.8) is 0 Å². The quantitative estimate of drug-likeness (QED) is 0.600. The van der Waals surface area contributed by atoms with Gasteiger partial charge in [0.1, 0.15) is 0 Å². The second-order valence-corrected chi connectivity index (χ2v) is 5.09. The Morgan fingerprint density at radius 2 is 1.76 bits per heavy atom. The Labute approximate surface area is 135 Å². The summed E-state index contributed by atoms with van der Waals surface area (Å²) in [6.07, 6.45) is 0. The smallest absolute Gasteiger partial charge is 0.223 e. The van der Waals surface area contributed by atoms with Gasteiger partial charge < -0.3 is 21.3 Å². The standard InChI is InChI=1S/C13H19ClN6.ClH/c1-19-6-8-20(9-7-19)13(16)18-12(15)17-11-5-3-2-4-10(11)14;/h2-5H,6-9H2,1H3,(H4,15,16,17,18);1H. The van der Waals surface area contributed by atoms with E-state index in [0.29, 0.717) is 16.7 Å². The lowest BCUT2D eigenvalue weighted by Crippen LogP contribution is -2.50. The normalized spacial score (nSPS) is 17.5.